The summed E-state index contributed by atoms with van der Waals surface area (Å²) in [4.78, 5) is 31.1. The average Bonchev–Trinajstić information content (AvgIpc) is 3.02. The van der Waals surface area contributed by atoms with E-state index in [0.29, 0.717) is 29.6 Å². The van der Waals surface area contributed by atoms with Crippen molar-refractivity contribution < 1.29 is 0 Å². The summed E-state index contributed by atoms with van der Waals surface area (Å²) >= 11 is 0. The molecule has 0 aliphatic rings. The fraction of sp³-hybridized carbons (Fsp3) is 0.368. The first-order chi connectivity index (χ1) is 12.9. The van der Waals surface area contributed by atoms with Gasteiger partial charge in [0.05, 0.1) is 5.71 Å². The number of benzene rings is 1. The Kier molecular flexibility index (Phi) is 5.25. The number of aromatic nitrogens is 4. The van der Waals surface area contributed by atoms with Crippen LogP contribution in [0.3, 0.4) is 0 Å². The van der Waals surface area contributed by atoms with E-state index in [9.17, 15) is 9.59 Å². The van der Waals surface area contributed by atoms with Crippen molar-refractivity contribution in [2.75, 3.05) is 5.43 Å². The first-order valence-corrected chi connectivity index (χ1v) is 8.93. The average molecular weight is 368 g/mol. The Balaban J connectivity index is 2.07. The van der Waals surface area contributed by atoms with Crippen LogP contribution in [0, 0.1) is 5.92 Å². The van der Waals surface area contributed by atoms with E-state index in [1.165, 1.54) is 4.57 Å². The predicted molar refractivity (Wildman–Crippen MR) is 107 cm³/mol. The van der Waals surface area contributed by atoms with Crippen LogP contribution in [0.4, 0.5) is 5.95 Å². The van der Waals surface area contributed by atoms with E-state index in [4.69, 9.17) is 0 Å². The monoisotopic (exact) mass is 368 g/mol. The minimum Gasteiger partial charge on any atom is -0.303 e. The summed E-state index contributed by atoms with van der Waals surface area (Å²) < 4.78 is 3.12. The van der Waals surface area contributed by atoms with Gasteiger partial charge in [-0.1, -0.05) is 44.2 Å². The molecule has 2 heterocycles. The van der Waals surface area contributed by atoms with Gasteiger partial charge >= 0.3 is 5.69 Å². The molecule has 2 aromatic heterocycles. The molecule has 1 aromatic carbocycles. The Morgan fingerprint density at radius 2 is 1.96 bits per heavy atom. The van der Waals surface area contributed by atoms with Gasteiger partial charge in [0.15, 0.2) is 11.2 Å². The number of aryl methyl sites for hydroxylation is 2. The molecule has 27 heavy (non-hydrogen) atoms. The van der Waals surface area contributed by atoms with Crippen molar-refractivity contribution in [2.45, 2.75) is 33.7 Å². The number of nitrogens with zero attached hydrogens (tertiary/aromatic N) is 4. The van der Waals surface area contributed by atoms with Crippen LogP contribution in [-0.4, -0.2) is 24.8 Å². The number of hydrazone groups is 1. The molecular formula is C19H24N6O2. The topological polar surface area (TPSA) is 97.1 Å². The zero-order chi connectivity index (χ0) is 19.6. The largest absolute Gasteiger partial charge is 0.329 e. The summed E-state index contributed by atoms with van der Waals surface area (Å²) in [6.45, 7) is 6.72. The van der Waals surface area contributed by atoms with Crippen molar-refractivity contribution in [2.24, 2.45) is 18.1 Å². The molecule has 0 saturated carbocycles. The van der Waals surface area contributed by atoms with Crippen molar-refractivity contribution >= 4 is 22.8 Å². The third kappa shape index (κ3) is 3.84. The molecule has 2 N–H and O–H groups in total. The highest BCUT2D eigenvalue weighted by Gasteiger charge is 2.17. The summed E-state index contributed by atoms with van der Waals surface area (Å²) in [6, 6.07) is 9.78. The number of fused-ring (bicyclic) bond motifs is 1. The molecule has 0 saturated heterocycles. The van der Waals surface area contributed by atoms with Crippen LogP contribution in [0.2, 0.25) is 0 Å². The molecule has 0 bridgehead atoms. The molecule has 8 nitrogen and oxygen atoms in total. The number of H-pyrrole nitrogens is 1. The van der Waals surface area contributed by atoms with E-state index in [1.54, 1.807) is 11.6 Å². The minimum atomic E-state index is -0.489. The molecule has 0 atom stereocenters. The number of rotatable bonds is 6. The maximum atomic E-state index is 12.4. The number of imidazole rings is 1. The van der Waals surface area contributed by atoms with Gasteiger partial charge in [0.1, 0.15) is 0 Å². The molecule has 0 fully saturated rings. The van der Waals surface area contributed by atoms with Gasteiger partial charge in [0.25, 0.3) is 5.56 Å². The number of nitrogens with one attached hydrogen (secondary N) is 2. The maximum Gasteiger partial charge on any atom is 0.329 e. The van der Waals surface area contributed by atoms with Crippen LogP contribution in [0.15, 0.2) is 45.0 Å². The second-order valence-electron chi connectivity index (χ2n) is 6.94. The van der Waals surface area contributed by atoms with Crippen LogP contribution in [0.25, 0.3) is 11.2 Å². The maximum absolute atomic E-state index is 12.4. The van der Waals surface area contributed by atoms with E-state index in [-0.39, 0.29) is 0 Å². The van der Waals surface area contributed by atoms with E-state index < -0.39 is 11.2 Å². The number of anilines is 1. The molecule has 8 heteroatoms. The zero-order valence-corrected chi connectivity index (χ0v) is 16.0. The van der Waals surface area contributed by atoms with Gasteiger partial charge in [-0.25, -0.2) is 10.2 Å². The second kappa shape index (κ2) is 7.61. The zero-order valence-electron chi connectivity index (χ0n) is 16.0. The Hall–Kier alpha value is -3.16. The van der Waals surface area contributed by atoms with E-state index >= 15 is 0 Å². The Morgan fingerprint density at radius 3 is 2.63 bits per heavy atom. The third-order valence-electron chi connectivity index (χ3n) is 4.45. The van der Waals surface area contributed by atoms with Gasteiger partial charge in [-0.3, -0.25) is 14.3 Å². The quantitative estimate of drug-likeness (QED) is 0.515. The molecule has 3 aromatic rings. The van der Waals surface area contributed by atoms with Crippen LogP contribution in [0.5, 0.6) is 0 Å². The molecule has 3 rings (SSSR count). The predicted octanol–water partition coefficient (Wildman–Crippen LogP) is 2.31. The van der Waals surface area contributed by atoms with Crippen LogP contribution in [0.1, 0.15) is 32.8 Å². The molecule has 0 amide bonds. The number of hydrogen-bond acceptors (Lipinski definition) is 5. The van der Waals surface area contributed by atoms with Crippen molar-refractivity contribution in [3.63, 3.8) is 0 Å². The highest BCUT2D eigenvalue weighted by Crippen LogP contribution is 2.17. The lowest BCUT2D eigenvalue weighted by Gasteiger charge is -2.10. The smallest absolute Gasteiger partial charge is 0.303 e. The molecule has 0 unspecified atom stereocenters. The van der Waals surface area contributed by atoms with Crippen LogP contribution < -0.4 is 16.7 Å². The van der Waals surface area contributed by atoms with Gasteiger partial charge in [-0.15, -0.1) is 0 Å². The van der Waals surface area contributed by atoms with Crippen molar-refractivity contribution in [3.8, 4) is 0 Å². The molecule has 0 radical (unpaired) electrons. The van der Waals surface area contributed by atoms with E-state index in [2.05, 4.69) is 34.3 Å². The van der Waals surface area contributed by atoms with Gasteiger partial charge in [-0.2, -0.15) is 10.1 Å². The SMILES string of the molecule is C/C(=N\Nc1nc2c(c(=O)[nH]c(=O)n2C)n1CCC(C)C)c1ccccc1. The standard InChI is InChI=1S/C19H24N6O2/c1-12(2)10-11-25-15-16(24(4)19(27)21-17(15)26)20-18(25)23-22-13(3)14-8-6-5-7-9-14/h5-9,12H,10-11H2,1-4H3,(H,20,23)(H,21,26,27)/b22-13+. The van der Waals surface area contributed by atoms with Crippen molar-refractivity contribution in [3.05, 3.63) is 56.7 Å². The number of aromatic amines is 1. The molecule has 142 valence electrons. The van der Waals surface area contributed by atoms with Crippen molar-refractivity contribution in [1.82, 2.24) is 19.1 Å². The van der Waals surface area contributed by atoms with Gasteiger partial charge in [0, 0.05) is 13.6 Å². The Bertz CT molecular complexity index is 1090. The van der Waals surface area contributed by atoms with Crippen LogP contribution in [-0.2, 0) is 13.6 Å². The summed E-state index contributed by atoms with van der Waals surface area (Å²) in [5.41, 5.74) is 4.52. The highest BCUT2D eigenvalue weighted by molar-refractivity contribution is 5.99. The molecule has 0 aliphatic heterocycles. The summed E-state index contributed by atoms with van der Waals surface area (Å²) in [6.07, 6.45) is 0.865. The molecule has 0 aliphatic carbocycles. The third-order valence-corrected chi connectivity index (χ3v) is 4.45. The summed E-state index contributed by atoms with van der Waals surface area (Å²) in [5, 5.41) is 4.41. The first-order valence-electron chi connectivity index (χ1n) is 8.93. The highest BCUT2D eigenvalue weighted by atomic mass is 16.2. The lowest BCUT2D eigenvalue weighted by atomic mass is 10.1. The fourth-order valence-corrected chi connectivity index (χ4v) is 2.80. The van der Waals surface area contributed by atoms with Crippen molar-refractivity contribution in [1.29, 1.82) is 0 Å². The Morgan fingerprint density at radius 1 is 1.26 bits per heavy atom. The summed E-state index contributed by atoms with van der Waals surface area (Å²) in [5.74, 6) is 0.893. The lowest BCUT2D eigenvalue weighted by molar-refractivity contribution is 0.524. The Labute approximate surface area is 156 Å². The minimum absolute atomic E-state index is 0.336. The molecule has 0 spiro atoms. The van der Waals surface area contributed by atoms with Gasteiger partial charge in [0.2, 0.25) is 5.95 Å². The lowest BCUT2D eigenvalue weighted by Crippen LogP contribution is -2.29. The van der Waals surface area contributed by atoms with Gasteiger partial charge in [-0.05, 0) is 24.8 Å². The summed E-state index contributed by atoms with van der Waals surface area (Å²) in [7, 11) is 1.59. The first kappa shape index (κ1) is 18.6. The van der Waals surface area contributed by atoms with E-state index in [0.717, 1.165) is 17.7 Å². The van der Waals surface area contributed by atoms with E-state index in [1.807, 2.05) is 37.3 Å². The number of hydrogen-bond donors (Lipinski definition) is 2. The van der Waals surface area contributed by atoms with Crippen LogP contribution >= 0.6 is 0 Å². The second-order valence-corrected chi connectivity index (χ2v) is 6.94. The fourth-order valence-electron chi connectivity index (χ4n) is 2.80. The van der Waals surface area contributed by atoms with Gasteiger partial charge < -0.3 is 4.57 Å². The normalized spacial score (nSPS) is 12.1. The molecular weight excluding hydrogens is 344 g/mol.